The summed E-state index contributed by atoms with van der Waals surface area (Å²) in [6.45, 7) is 7.10. The minimum atomic E-state index is -4.44. The molecule has 0 aliphatic carbocycles. The number of benzene rings is 6. The molecule has 8 rings (SSSR count). The van der Waals surface area contributed by atoms with Crippen LogP contribution in [0.2, 0.25) is 0 Å². The average Bonchev–Trinajstić information content (AvgIpc) is 3.37. The zero-order chi connectivity index (χ0) is 53.6. The molecule has 2 heterocycles. The number of rotatable bonds is 14. The molecule has 0 unspecified atom stereocenters. The van der Waals surface area contributed by atoms with Crippen LogP contribution in [0.3, 0.4) is 0 Å². The van der Waals surface area contributed by atoms with Crippen molar-refractivity contribution in [2.75, 3.05) is 45.1 Å². The molecular weight excluding hydrogens is 969 g/mol. The summed E-state index contributed by atoms with van der Waals surface area (Å²) in [5, 5.41) is 26.1. The molecule has 0 spiro atoms. The highest BCUT2D eigenvalue weighted by molar-refractivity contribution is 5.98. The Morgan fingerprint density at radius 1 is 0.608 bits per heavy atom. The summed E-state index contributed by atoms with van der Waals surface area (Å²) in [4.78, 5) is 43.3. The number of hydrogen-bond acceptors (Lipinski definition) is 11. The second-order valence-electron chi connectivity index (χ2n) is 17.3. The highest BCUT2D eigenvalue weighted by Crippen LogP contribution is 2.40. The van der Waals surface area contributed by atoms with E-state index >= 15 is 0 Å². The van der Waals surface area contributed by atoms with Crippen molar-refractivity contribution in [3.63, 3.8) is 0 Å². The smallest absolute Gasteiger partial charge is 0.416 e. The summed E-state index contributed by atoms with van der Waals surface area (Å²) < 4.78 is 90.5. The fourth-order valence-corrected chi connectivity index (χ4v) is 8.16. The van der Waals surface area contributed by atoms with Gasteiger partial charge in [0.1, 0.15) is 34.8 Å². The van der Waals surface area contributed by atoms with Crippen molar-refractivity contribution in [2.24, 2.45) is 0 Å². The number of alkyl halides is 6. The van der Waals surface area contributed by atoms with Gasteiger partial charge < -0.3 is 35.2 Å². The van der Waals surface area contributed by atoms with Crippen molar-refractivity contribution in [3.8, 4) is 33.8 Å². The molecule has 2 atom stereocenters. The number of aliphatic hydroxyl groups excluding tert-OH is 1. The number of fused-ring (bicyclic) bond motifs is 2. The Bertz CT molecular complexity index is 3340. The standard InChI is InChI=1S/C29H29F3N4O3.C26H22F3N3O3/c1-17(21-6-5-7-22(14-21)29(30,31)32)33-27-24-15-23(26(39-4)16-25(24)34-18(2)35-27)19-8-10-20(11-9-19)28(38)36(3)12-13-37;1-14(18-5-4-6-19(11-18)26(27,28)29)30-24-21-12-20(16-7-9-17(10-8-16)25(33)34)23(35-3)13-22(21)31-15(2)32-24/h5-11,14-17,37H,12-13H2,1-4H3,(H,33,34,35);4-14H,1-3H3,(H,33,34)(H,30,31,32)/t17-;14-/m11/s1. The van der Waals surface area contributed by atoms with E-state index in [1.807, 2.05) is 12.1 Å². The van der Waals surface area contributed by atoms with Gasteiger partial charge in [0.05, 0.1) is 48.6 Å². The Hall–Kier alpha value is -8.32. The first-order chi connectivity index (χ1) is 35.1. The molecule has 2 aromatic heterocycles. The van der Waals surface area contributed by atoms with Gasteiger partial charge in [-0.1, -0.05) is 48.5 Å². The lowest BCUT2D eigenvalue weighted by atomic mass is 10.00. The van der Waals surface area contributed by atoms with Gasteiger partial charge in [-0.05, 0) is 111 Å². The molecule has 4 N–H and O–H groups in total. The van der Waals surface area contributed by atoms with E-state index in [4.69, 9.17) is 14.6 Å². The van der Waals surface area contributed by atoms with Crippen LogP contribution in [0, 0.1) is 13.8 Å². The molecule has 1 amide bonds. The van der Waals surface area contributed by atoms with E-state index in [0.29, 0.717) is 78.8 Å². The molecule has 13 nitrogen and oxygen atoms in total. The number of likely N-dealkylation sites (N-methyl/N-ethyl adjacent to an activating group) is 1. The number of aromatic nitrogens is 4. The van der Waals surface area contributed by atoms with Crippen LogP contribution in [0.15, 0.2) is 121 Å². The Labute approximate surface area is 421 Å². The summed E-state index contributed by atoms with van der Waals surface area (Å²) in [5.41, 5.74) is 4.27. The lowest BCUT2D eigenvalue weighted by Crippen LogP contribution is -2.29. The second kappa shape index (κ2) is 22.2. The third-order valence-corrected chi connectivity index (χ3v) is 12.1. The van der Waals surface area contributed by atoms with Gasteiger partial charge >= 0.3 is 18.3 Å². The SMILES string of the molecule is COc1cc2nc(C)nc(N[C@H](C)c3cccc(C(F)(F)F)c3)c2cc1-c1ccc(C(=O)N(C)CCO)cc1.COc1cc2nc(C)nc(N[C@H](C)c3cccc(C(F)(F)F)c3)c2cc1-c1ccc(C(=O)O)cc1. The molecular formula is C55H51F6N7O6. The van der Waals surface area contributed by atoms with E-state index in [-0.39, 0.29) is 24.6 Å². The van der Waals surface area contributed by atoms with Gasteiger partial charge in [0, 0.05) is 65.3 Å². The number of carbonyl (C=O) groups is 2. The monoisotopic (exact) mass is 1020 g/mol. The molecule has 0 saturated carbocycles. The van der Waals surface area contributed by atoms with Crippen LogP contribution in [0.25, 0.3) is 44.1 Å². The second-order valence-corrected chi connectivity index (χ2v) is 17.3. The van der Waals surface area contributed by atoms with Gasteiger partial charge in [-0.15, -0.1) is 0 Å². The first-order valence-electron chi connectivity index (χ1n) is 23.0. The van der Waals surface area contributed by atoms with E-state index in [1.54, 1.807) is 103 Å². The summed E-state index contributed by atoms with van der Waals surface area (Å²) in [6, 6.07) is 30.0. The van der Waals surface area contributed by atoms with Crippen molar-refractivity contribution >= 4 is 45.3 Å². The summed E-state index contributed by atoms with van der Waals surface area (Å²) in [7, 11) is 4.70. The van der Waals surface area contributed by atoms with Gasteiger partial charge in [-0.25, -0.2) is 24.7 Å². The average molecular weight is 1020 g/mol. The Balaban J connectivity index is 0.000000217. The number of anilines is 2. The molecule has 0 bridgehead atoms. The van der Waals surface area contributed by atoms with Crippen LogP contribution in [0.1, 0.15) is 80.5 Å². The van der Waals surface area contributed by atoms with Crippen molar-refractivity contribution in [1.82, 2.24) is 24.8 Å². The number of amides is 1. The van der Waals surface area contributed by atoms with Crippen LogP contribution >= 0.6 is 0 Å². The van der Waals surface area contributed by atoms with E-state index in [2.05, 4.69) is 30.6 Å². The number of methoxy groups -OCH3 is 2. The third-order valence-electron chi connectivity index (χ3n) is 12.1. The molecule has 0 saturated heterocycles. The van der Waals surface area contributed by atoms with E-state index in [0.717, 1.165) is 41.0 Å². The highest BCUT2D eigenvalue weighted by atomic mass is 19.4. The number of nitrogens with one attached hydrogen (secondary N) is 2. The fourth-order valence-electron chi connectivity index (χ4n) is 8.16. The quantitative estimate of drug-likeness (QED) is 0.0761. The number of carboxylic acid groups (broad SMARTS) is 1. The minimum Gasteiger partial charge on any atom is -0.496 e. The predicted octanol–water partition coefficient (Wildman–Crippen LogP) is 12.4. The van der Waals surface area contributed by atoms with E-state index < -0.39 is 41.5 Å². The Morgan fingerprint density at radius 2 is 1.01 bits per heavy atom. The van der Waals surface area contributed by atoms with Crippen molar-refractivity contribution < 1.29 is 55.6 Å². The fraction of sp³-hybridized carbons (Fsp3) is 0.236. The molecule has 0 fully saturated rings. The van der Waals surface area contributed by atoms with Crippen LogP contribution in [-0.2, 0) is 12.4 Å². The Kier molecular flexibility index (Phi) is 16.0. The summed E-state index contributed by atoms with van der Waals surface area (Å²) >= 11 is 0. The first kappa shape index (κ1) is 53.5. The van der Waals surface area contributed by atoms with E-state index in [9.17, 15) is 41.0 Å². The number of nitrogens with zero attached hydrogens (tertiary/aromatic N) is 5. The van der Waals surface area contributed by atoms with Crippen LogP contribution < -0.4 is 20.1 Å². The van der Waals surface area contributed by atoms with Crippen LogP contribution in [0.5, 0.6) is 11.5 Å². The number of aliphatic hydroxyl groups is 1. The molecule has 74 heavy (non-hydrogen) atoms. The molecule has 19 heteroatoms. The van der Waals surface area contributed by atoms with Gasteiger partial charge in [-0.3, -0.25) is 4.79 Å². The molecule has 6 aromatic carbocycles. The van der Waals surface area contributed by atoms with Crippen molar-refractivity contribution in [3.05, 3.63) is 166 Å². The van der Waals surface area contributed by atoms with Crippen LogP contribution in [0.4, 0.5) is 38.0 Å². The maximum Gasteiger partial charge on any atom is 0.416 e. The number of aromatic carboxylic acids is 1. The lowest BCUT2D eigenvalue weighted by Gasteiger charge is -2.19. The van der Waals surface area contributed by atoms with Crippen molar-refractivity contribution in [1.29, 1.82) is 0 Å². The molecule has 8 aromatic rings. The Morgan fingerprint density at radius 3 is 1.38 bits per heavy atom. The number of halogens is 6. The normalized spacial score (nSPS) is 12.4. The number of ether oxygens (including phenoxy) is 2. The number of carboxylic acids is 1. The first-order valence-corrected chi connectivity index (χ1v) is 23.0. The van der Waals surface area contributed by atoms with Gasteiger partial charge in [-0.2, -0.15) is 26.3 Å². The van der Waals surface area contributed by atoms with Crippen LogP contribution in [-0.4, -0.2) is 81.3 Å². The zero-order valence-corrected chi connectivity index (χ0v) is 41.1. The third kappa shape index (κ3) is 12.3. The lowest BCUT2D eigenvalue weighted by molar-refractivity contribution is -0.138. The van der Waals surface area contributed by atoms with E-state index in [1.165, 1.54) is 36.3 Å². The number of aryl methyl sites for hydroxylation is 2. The molecule has 0 radical (unpaired) electrons. The highest BCUT2D eigenvalue weighted by Gasteiger charge is 2.32. The number of carbonyl (C=O) groups excluding carboxylic acids is 1. The summed E-state index contributed by atoms with van der Waals surface area (Å²) in [6.07, 6.45) is -8.87. The maximum atomic E-state index is 13.3. The van der Waals surface area contributed by atoms with Gasteiger partial charge in [0.15, 0.2) is 0 Å². The topological polar surface area (TPSA) is 172 Å². The molecule has 384 valence electrons. The maximum absolute atomic E-state index is 13.3. The predicted molar refractivity (Wildman–Crippen MR) is 270 cm³/mol. The minimum absolute atomic E-state index is 0.126. The van der Waals surface area contributed by atoms with Gasteiger partial charge in [0.25, 0.3) is 5.91 Å². The largest absolute Gasteiger partial charge is 0.496 e. The van der Waals surface area contributed by atoms with Crippen molar-refractivity contribution in [2.45, 2.75) is 52.1 Å². The number of hydrogen-bond donors (Lipinski definition) is 4. The summed E-state index contributed by atoms with van der Waals surface area (Å²) in [5.74, 6) is 1.78. The zero-order valence-electron chi connectivity index (χ0n) is 41.1. The molecule has 0 aliphatic heterocycles. The van der Waals surface area contributed by atoms with Gasteiger partial charge in [0.2, 0.25) is 0 Å². The molecule has 0 aliphatic rings.